The van der Waals surface area contributed by atoms with Crippen LogP contribution in [-0.4, -0.2) is 0 Å². The van der Waals surface area contributed by atoms with Crippen LogP contribution in [0, 0.1) is 13.8 Å². The van der Waals surface area contributed by atoms with Gasteiger partial charge in [-0.3, -0.25) is 0 Å². The lowest BCUT2D eigenvalue weighted by Crippen LogP contribution is -2.10. The zero-order valence-corrected chi connectivity index (χ0v) is 9.10. The maximum atomic E-state index is 6.09. The molecule has 0 spiro atoms. The van der Waals surface area contributed by atoms with E-state index in [4.69, 9.17) is 10.2 Å². The molecule has 2 N–H and O–H groups in total. The largest absolute Gasteiger partial charge is 0.464 e. The first-order valence-corrected chi connectivity index (χ1v) is 5.42. The molecule has 0 saturated heterocycles. The van der Waals surface area contributed by atoms with E-state index in [2.05, 4.69) is 18.4 Å². The van der Waals surface area contributed by atoms with Gasteiger partial charge in [-0.2, -0.15) is 0 Å². The highest BCUT2D eigenvalue weighted by molar-refractivity contribution is 7.10. The van der Waals surface area contributed by atoms with Crippen molar-refractivity contribution >= 4 is 11.3 Å². The summed E-state index contributed by atoms with van der Waals surface area (Å²) in [5, 5.41) is 2.06. The number of hydrogen-bond acceptors (Lipinski definition) is 3. The Kier molecular flexibility index (Phi) is 2.44. The van der Waals surface area contributed by atoms with Crippen LogP contribution < -0.4 is 5.73 Å². The van der Waals surface area contributed by atoms with Crippen molar-refractivity contribution in [2.24, 2.45) is 5.73 Å². The van der Waals surface area contributed by atoms with Gasteiger partial charge < -0.3 is 10.2 Å². The summed E-state index contributed by atoms with van der Waals surface area (Å²) in [6, 6.07) is 5.81. The molecule has 0 amide bonds. The number of furan rings is 1. The third-order valence-corrected chi connectivity index (χ3v) is 3.16. The van der Waals surface area contributed by atoms with Crippen molar-refractivity contribution < 1.29 is 4.42 Å². The first kappa shape index (κ1) is 9.49. The molecule has 2 aromatic heterocycles. The second-order valence-corrected chi connectivity index (χ2v) is 4.48. The predicted molar refractivity (Wildman–Crippen MR) is 58.5 cm³/mol. The first-order valence-electron chi connectivity index (χ1n) is 4.54. The Morgan fingerprint density at radius 2 is 2.07 bits per heavy atom. The third kappa shape index (κ3) is 1.61. The molecule has 2 heterocycles. The van der Waals surface area contributed by atoms with Gasteiger partial charge in [0.25, 0.3) is 0 Å². The van der Waals surface area contributed by atoms with Gasteiger partial charge in [-0.1, -0.05) is 0 Å². The van der Waals surface area contributed by atoms with Crippen LogP contribution in [0.3, 0.4) is 0 Å². The lowest BCUT2D eigenvalue weighted by molar-refractivity contribution is 0.466. The summed E-state index contributed by atoms with van der Waals surface area (Å²) < 4.78 is 5.50. The Labute approximate surface area is 87.4 Å². The molecule has 0 aliphatic rings. The summed E-state index contributed by atoms with van der Waals surface area (Å²) in [6.45, 7) is 4.01. The summed E-state index contributed by atoms with van der Waals surface area (Å²) in [5.41, 5.74) is 7.24. The van der Waals surface area contributed by atoms with Gasteiger partial charge in [0.05, 0.1) is 6.04 Å². The molecule has 2 aromatic rings. The normalized spacial score (nSPS) is 13.1. The number of hydrogen-bond donors (Lipinski definition) is 1. The average Bonchev–Trinajstić information content (AvgIpc) is 2.73. The van der Waals surface area contributed by atoms with E-state index in [0.29, 0.717) is 0 Å². The van der Waals surface area contributed by atoms with Crippen LogP contribution in [0.15, 0.2) is 28.0 Å². The minimum atomic E-state index is -0.130. The molecule has 0 radical (unpaired) electrons. The molecular weight excluding hydrogens is 194 g/mol. The number of aryl methyl sites for hydroxylation is 2. The molecule has 0 bridgehead atoms. The number of rotatable bonds is 2. The van der Waals surface area contributed by atoms with Crippen molar-refractivity contribution in [3.8, 4) is 0 Å². The van der Waals surface area contributed by atoms with E-state index in [1.165, 1.54) is 4.88 Å². The topological polar surface area (TPSA) is 39.2 Å². The van der Waals surface area contributed by atoms with Crippen LogP contribution in [0.2, 0.25) is 0 Å². The lowest BCUT2D eigenvalue weighted by atomic mass is 10.1. The summed E-state index contributed by atoms with van der Waals surface area (Å²) >= 11 is 1.71. The monoisotopic (exact) mass is 207 g/mol. The predicted octanol–water partition coefficient (Wildman–Crippen LogP) is 3.01. The van der Waals surface area contributed by atoms with Gasteiger partial charge in [0.15, 0.2) is 0 Å². The molecule has 0 aliphatic carbocycles. The second kappa shape index (κ2) is 3.59. The van der Waals surface area contributed by atoms with E-state index in [9.17, 15) is 0 Å². The Hall–Kier alpha value is -1.06. The van der Waals surface area contributed by atoms with Gasteiger partial charge >= 0.3 is 0 Å². The van der Waals surface area contributed by atoms with Crippen LogP contribution in [0.1, 0.15) is 28.0 Å². The standard InChI is InChI=1S/C11H13NOS/c1-7-3-4-10(13-7)11(12)9-5-6-14-8(9)2/h3-6,11H,12H2,1-2H3. The molecule has 2 rings (SSSR count). The van der Waals surface area contributed by atoms with E-state index in [0.717, 1.165) is 17.1 Å². The van der Waals surface area contributed by atoms with Crippen molar-refractivity contribution in [2.45, 2.75) is 19.9 Å². The molecule has 0 saturated carbocycles. The Morgan fingerprint density at radius 3 is 2.57 bits per heavy atom. The lowest BCUT2D eigenvalue weighted by Gasteiger charge is -2.07. The molecular formula is C11H13NOS. The van der Waals surface area contributed by atoms with Gasteiger partial charge in [0.2, 0.25) is 0 Å². The van der Waals surface area contributed by atoms with E-state index in [-0.39, 0.29) is 6.04 Å². The van der Waals surface area contributed by atoms with Crippen LogP contribution in [-0.2, 0) is 0 Å². The van der Waals surface area contributed by atoms with Gasteiger partial charge in [0.1, 0.15) is 11.5 Å². The van der Waals surface area contributed by atoms with Gasteiger partial charge in [-0.15, -0.1) is 11.3 Å². The van der Waals surface area contributed by atoms with Crippen molar-refractivity contribution in [2.75, 3.05) is 0 Å². The minimum Gasteiger partial charge on any atom is -0.464 e. The quantitative estimate of drug-likeness (QED) is 0.822. The van der Waals surface area contributed by atoms with Gasteiger partial charge in [-0.25, -0.2) is 0 Å². The van der Waals surface area contributed by atoms with Crippen LogP contribution >= 0.6 is 11.3 Å². The van der Waals surface area contributed by atoms with Crippen LogP contribution in [0.4, 0.5) is 0 Å². The first-order chi connectivity index (χ1) is 6.68. The molecule has 2 nitrogen and oxygen atoms in total. The molecule has 1 unspecified atom stereocenters. The molecule has 0 aliphatic heterocycles. The van der Waals surface area contributed by atoms with Crippen molar-refractivity contribution in [1.82, 2.24) is 0 Å². The molecule has 14 heavy (non-hydrogen) atoms. The van der Waals surface area contributed by atoms with Crippen molar-refractivity contribution in [1.29, 1.82) is 0 Å². The summed E-state index contributed by atoms with van der Waals surface area (Å²) in [4.78, 5) is 1.26. The molecule has 3 heteroatoms. The summed E-state index contributed by atoms with van der Waals surface area (Å²) in [5.74, 6) is 1.74. The van der Waals surface area contributed by atoms with Crippen LogP contribution in [0.5, 0.6) is 0 Å². The van der Waals surface area contributed by atoms with E-state index < -0.39 is 0 Å². The third-order valence-electron chi connectivity index (χ3n) is 2.30. The Balaban J connectivity index is 2.33. The highest BCUT2D eigenvalue weighted by atomic mass is 32.1. The average molecular weight is 207 g/mol. The van der Waals surface area contributed by atoms with Crippen molar-refractivity contribution in [3.05, 3.63) is 45.5 Å². The summed E-state index contributed by atoms with van der Waals surface area (Å²) in [7, 11) is 0. The molecule has 74 valence electrons. The van der Waals surface area contributed by atoms with E-state index in [1.54, 1.807) is 11.3 Å². The molecule has 0 fully saturated rings. The summed E-state index contributed by atoms with van der Waals surface area (Å²) in [6.07, 6.45) is 0. The van der Waals surface area contributed by atoms with Crippen LogP contribution in [0.25, 0.3) is 0 Å². The number of nitrogens with two attached hydrogens (primary N) is 1. The van der Waals surface area contributed by atoms with E-state index >= 15 is 0 Å². The fourth-order valence-electron chi connectivity index (χ4n) is 1.49. The maximum absolute atomic E-state index is 6.09. The molecule has 1 atom stereocenters. The number of thiophene rings is 1. The second-order valence-electron chi connectivity index (χ2n) is 3.36. The maximum Gasteiger partial charge on any atom is 0.125 e. The Bertz CT molecular complexity index is 430. The fraction of sp³-hybridized carbons (Fsp3) is 0.273. The smallest absolute Gasteiger partial charge is 0.125 e. The minimum absolute atomic E-state index is 0.130. The van der Waals surface area contributed by atoms with Crippen molar-refractivity contribution in [3.63, 3.8) is 0 Å². The van der Waals surface area contributed by atoms with E-state index in [1.807, 2.05) is 19.1 Å². The molecule has 0 aromatic carbocycles. The zero-order valence-electron chi connectivity index (χ0n) is 8.28. The Morgan fingerprint density at radius 1 is 1.29 bits per heavy atom. The highest BCUT2D eigenvalue weighted by Crippen LogP contribution is 2.27. The van der Waals surface area contributed by atoms with Gasteiger partial charge in [0, 0.05) is 4.88 Å². The fourth-order valence-corrected chi connectivity index (χ4v) is 2.24. The zero-order chi connectivity index (χ0) is 10.1. The van der Waals surface area contributed by atoms with Gasteiger partial charge in [-0.05, 0) is 43.0 Å². The SMILES string of the molecule is Cc1ccc(C(N)c2ccsc2C)o1. The highest BCUT2D eigenvalue weighted by Gasteiger charge is 2.15.